The second-order valence-corrected chi connectivity index (χ2v) is 7.88. The summed E-state index contributed by atoms with van der Waals surface area (Å²) >= 11 is 0. The molecule has 1 aliphatic carbocycles. The Morgan fingerprint density at radius 2 is 1.90 bits per heavy atom. The molecular formula is C18H32N2O. The van der Waals surface area contributed by atoms with Crippen molar-refractivity contribution in [1.82, 2.24) is 10.2 Å². The lowest BCUT2D eigenvalue weighted by Gasteiger charge is -2.40. The van der Waals surface area contributed by atoms with Crippen LogP contribution >= 0.6 is 0 Å². The van der Waals surface area contributed by atoms with Crippen LogP contribution in [0.15, 0.2) is 0 Å². The molecule has 2 atom stereocenters. The number of hydrogen-bond donors (Lipinski definition) is 1. The molecule has 0 aromatic carbocycles. The fourth-order valence-electron chi connectivity index (χ4n) is 4.79. The van der Waals surface area contributed by atoms with Crippen LogP contribution in [-0.2, 0) is 4.79 Å². The molecule has 1 amide bonds. The summed E-state index contributed by atoms with van der Waals surface area (Å²) in [4.78, 5) is 14.7. The molecule has 2 aliphatic heterocycles. The summed E-state index contributed by atoms with van der Waals surface area (Å²) in [6, 6.07) is 0. The molecule has 3 aliphatic rings. The zero-order valence-corrected chi connectivity index (χ0v) is 13.7. The molecule has 0 bridgehead atoms. The molecular weight excluding hydrogens is 260 g/mol. The summed E-state index contributed by atoms with van der Waals surface area (Å²) in [7, 11) is 0. The van der Waals surface area contributed by atoms with Crippen LogP contribution in [0.2, 0.25) is 0 Å². The highest BCUT2D eigenvalue weighted by Gasteiger charge is 2.38. The number of likely N-dealkylation sites (tertiary alicyclic amines) is 1. The first-order valence-electron chi connectivity index (χ1n) is 9.17. The molecule has 2 unspecified atom stereocenters. The van der Waals surface area contributed by atoms with E-state index in [1.165, 1.54) is 51.4 Å². The fraction of sp³-hybridized carbons (Fsp3) is 0.944. The van der Waals surface area contributed by atoms with E-state index in [9.17, 15) is 4.79 Å². The number of nitrogens with zero attached hydrogens (tertiary/aromatic N) is 1. The van der Waals surface area contributed by atoms with Crippen LogP contribution in [0.3, 0.4) is 0 Å². The zero-order valence-electron chi connectivity index (χ0n) is 13.7. The van der Waals surface area contributed by atoms with E-state index < -0.39 is 0 Å². The Balaban J connectivity index is 1.45. The van der Waals surface area contributed by atoms with E-state index in [1.54, 1.807) is 0 Å². The zero-order chi connectivity index (χ0) is 14.7. The maximum absolute atomic E-state index is 12.6. The average molecular weight is 292 g/mol. The van der Waals surface area contributed by atoms with Gasteiger partial charge in [-0.3, -0.25) is 4.79 Å². The highest BCUT2D eigenvalue weighted by molar-refractivity contribution is 5.76. The smallest absolute Gasteiger partial charge is 0.222 e. The molecule has 1 spiro atoms. The lowest BCUT2D eigenvalue weighted by molar-refractivity contribution is -0.134. The predicted octanol–water partition coefficient (Wildman–Crippen LogP) is 3.20. The molecule has 0 radical (unpaired) electrons. The number of carbonyl (C=O) groups excluding carboxylic acids is 1. The standard InChI is InChI=1S/C18H32N2O/c1-15(16-5-4-10-19-14-16)13-17(21)20-11-8-18(9-12-20)6-2-3-7-18/h15-16,19H,2-14H2,1H3. The minimum Gasteiger partial charge on any atom is -0.343 e. The summed E-state index contributed by atoms with van der Waals surface area (Å²) in [6.45, 7) is 6.59. The topological polar surface area (TPSA) is 32.3 Å². The molecule has 21 heavy (non-hydrogen) atoms. The number of rotatable bonds is 3. The summed E-state index contributed by atoms with van der Waals surface area (Å²) < 4.78 is 0. The quantitative estimate of drug-likeness (QED) is 0.866. The monoisotopic (exact) mass is 292 g/mol. The van der Waals surface area contributed by atoms with Crippen LogP contribution in [0, 0.1) is 17.3 Å². The number of amides is 1. The van der Waals surface area contributed by atoms with Gasteiger partial charge in [0.2, 0.25) is 5.91 Å². The van der Waals surface area contributed by atoms with Crippen LogP contribution in [0.1, 0.15) is 64.7 Å². The number of nitrogens with one attached hydrogen (secondary N) is 1. The van der Waals surface area contributed by atoms with Crippen LogP contribution in [0.5, 0.6) is 0 Å². The van der Waals surface area contributed by atoms with Crippen LogP contribution in [0.4, 0.5) is 0 Å². The lowest BCUT2D eigenvalue weighted by Crippen LogP contribution is -2.43. The molecule has 3 heteroatoms. The van der Waals surface area contributed by atoms with E-state index in [1.807, 2.05) is 0 Å². The van der Waals surface area contributed by atoms with Crippen LogP contribution in [-0.4, -0.2) is 37.0 Å². The van der Waals surface area contributed by atoms with Gasteiger partial charge in [0, 0.05) is 19.5 Å². The molecule has 3 rings (SSSR count). The third-order valence-electron chi connectivity index (χ3n) is 6.48. The van der Waals surface area contributed by atoms with Crippen molar-refractivity contribution in [2.75, 3.05) is 26.2 Å². The molecule has 1 saturated carbocycles. The maximum Gasteiger partial charge on any atom is 0.222 e. The number of hydrogen-bond acceptors (Lipinski definition) is 2. The largest absolute Gasteiger partial charge is 0.343 e. The molecule has 3 nitrogen and oxygen atoms in total. The summed E-state index contributed by atoms with van der Waals surface area (Å²) in [5.41, 5.74) is 0.621. The van der Waals surface area contributed by atoms with Crippen molar-refractivity contribution in [2.24, 2.45) is 17.3 Å². The Kier molecular flexibility index (Phi) is 4.88. The molecule has 120 valence electrons. The SMILES string of the molecule is CC(CC(=O)N1CCC2(CCCC2)CC1)C1CCCNC1. The second kappa shape index (κ2) is 6.68. The van der Waals surface area contributed by atoms with Gasteiger partial charge in [-0.15, -0.1) is 0 Å². The van der Waals surface area contributed by atoms with Gasteiger partial charge in [0.05, 0.1) is 0 Å². The van der Waals surface area contributed by atoms with Gasteiger partial charge in [0.25, 0.3) is 0 Å². The molecule has 1 N–H and O–H groups in total. The second-order valence-electron chi connectivity index (χ2n) is 7.88. The first kappa shape index (κ1) is 15.3. The molecule has 0 aromatic heterocycles. The average Bonchev–Trinajstić information content (AvgIpc) is 2.97. The van der Waals surface area contributed by atoms with Crippen molar-refractivity contribution < 1.29 is 4.79 Å². The third-order valence-corrected chi connectivity index (χ3v) is 6.48. The van der Waals surface area contributed by atoms with E-state index in [2.05, 4.69) is 17.1 Å². The van der Waals surface area contributed by atoms with Gasteiger partial charge in [-0.05, 0) is 68.9 Å². The Labute approximate surface area is 129 Å². The van der Waals surface area contributed by atoms with Crippen molar-refractivity contribution in [1.29, 1.82) is 0 Å². The van der Waals surface area contributed by atoms with E-state index >= 15 is 0 Å². The van der Waals surface area contributed by atoms with Crippen molar-refractivity contribution in [3.63, 3.8) is 0 Å². The van der Waals surface area contributed by atoms with E-state index in [0.29, 0.717) is 23.2 Å². The molecule has 3 fully saturated rings. The van der Waals surface area contributed by atoms with Crippen LogP contribution in [0.25, 0.3) is 0 Å². The number of piperidine rings is 2. The first-order valence-corrected chi connectivity index (χ1v) is 9.17. The van der Waals surface area contributed by atoms with E-state index in [0.717, 1.165) is 32.6 Å². The lowest BCUT2D eigenvalue weighted by atomic mass is 9.77. The van der Waals surface area contributed by atoms with Crippen molar-refractivity contribution >= 4 is 5.91 Å². The minimum atomic E-state index is 0.418. The van der Waals surface area contributed by atoms with Crippen molar-refractivity contribution in [3.8, 4) is 0 Å². The maximum atomic E-state index is 12.6. The Morgan fingerprint density at radius 3 is 2.52 bits per heavy atom. The number of carbonyl (C=O) groups is 1. The summed E-state index contributed by atoms with van der Waals surface area (Å²) in [5.74, 6) is 1.65. The van der Waals surface area contributed by atoms with Gasteiger partial charge in [-0.2, -0.15) is 0 Å². The fourth-order valence-corrected chi connectivity index (χ4v) is 4.79. The molecule has 2 heterocycles. The Hall–Kier alpha value is -0.570. The Bertz CT molecular complexity index is 346. The van der Waals surface area contributed by atoms with Crippen molar-refractivity contribution in [3.05, 3.63) is 0 Å². The highest BCUT2D eigenvalue weighted by Crippen LogP contribution is 2.46. The summed E-state index contributed by atoms with van der Waals surface area (Å²) in [5, 5.41) is 3.48. The van der Waals surface area contributed by atoms with Gasteiger partial charge in [0.1, 0.15) is 0 Å². The van der Waals surface area contributed by atoms with E-state index in [-0.39, 0.29) is 0 Å². The van der Waals surface area contributed by atoms with Crippen LogP contribution < -0.4 is 5.32 Å². The minimum absolute atomic E-state index is 0.418. The molecule has 0 aromatic rings. The summed E-state index contributed by atoms with van der Waals surface area (Å²) in [6.07, 6.45) is 11.5. The van der Waals surface area contributed by atoms with E-state index in [4.69, 9.17) is 0 Å². The van der Waals surface area contributed by atoms with Gasteiger partial charge in [-0.1, -0.05) is 19.8 Å². The first-order chi connectivity index (χ1) is 10.2. The van der Waals surface area contributed by atoms with Gasteiger partial charge >= 0.3 is 0 Å². The van der Waals surface area contributed by atoms with Gasteiger partial charge in [0.15, 0.2) is 0 Å². The molecule has 2 saturated heterocycles. The Morgan fingerprint density at radius 1 is 1.19 bits per heavy atom. The van der Waals surface area contributed by atoms with Crippen molar-refractivity contribution in [2.45, 2.75) is 64.7 Å². The normalized spacial score (nSPS) is 30.5. The van der Waals surface area contributed by atoms with Gasteiger partial charge < -0.3 is 10.2 Å². The predicted molar refractivity (Wildman–Crippen MR) is 86.1 cm³/mol. The third kappa shape index (κ3) is 3.61. The highest BCUT2D eigenvalue weighted by atomic mass is 16.2. The van der Waals surface area contributed by atoms with Gasteiger partial charge in [-0.25, -0.2) is 0 Å².